The lowest BCUT2D eigenvalue weighted by Crippen LogP contribution is -2.34. The quantitative estimate of drug-likeness (QED) is 0.525. The maximum Gasteiger partial charge on any atom is 0.268 e. The molecule has 31 heavy (non-hydrogen) atoms. The lowest BCUT2D eigenvalue weighted by molar-refractivity contribution is 0.0941. The van der Waals surface area contributed by atoms with E-state index in [-0.39, 0.29) is 5.91 Å². The van der Waals surface area contributed by atoms with Crippen LogP contribution in [0.25, 0.3) is 10.9 Å². The number of fused-ring (bicyclic) bond motifs is 1. The van der Waals surface area contributed by atoms with Crippen LogP contribution < -0.4 is 10.1 Å². The Balaban J connectivity index is 1.63. The van der Waals surface area contributed by atoms with Gasteiger partial charge in [0.2, 0.25) is 0 Å². The van der Waals surface area contributed by atoms with Crippen LogP contribution in [0.2, 0.25) is 0 Å². The highest BCUT2D eigenvalue weighted by Gasteiger charge is 2.19. The molecule has 4 rings (SSSR count). The third-order valence-electron chi connectivity index (χ3n) is 5.87. The van der Waals surface area contributed by atoms with E-state index in [1.807, 2.05) is 24.3 Å². The van der Waals surface area contributed by atoms with Gasteiger partial charge in [0, 0.05) is 25.0 Å². The number of hydrogen-bond acceptors (Lipinski definition) is 3. The molecule has 1 N–H and O–H groups in total. The van der Waals surface area contributed by atoms with Gasteiger partial charge in [0.05, 0.1) is 5.52 Å². The summed E-state index contributed by atoms with van der Waals surface area (Å²) in [5.41, 5.74) is 4.03. The average Bonchev–Trinajstić information content (AvgIpc) is 3.42. The Morgan fingerprint density at radius 1 is 1.16 bits per heavy atom. The second-order valence-corrected chi connectivity index (χ2v) is 8.19. The van der Waals surface area contributed by atoms with Crippen molar-refractivity contribution in [1.29, 1.82) is 0 Å². The van der Waals surface area contributed by atoms with Crippen LogP contribution in [0, 0.1) is 6.92 Å². The van der Waals surface area contributed by atoms with E-state index in [4.69, 9.17) is 4.74 Å². The number of nitrogens with one attached hydrogen (secondary N) is 1. The first-order chi connectivity index (χ1) is 15.2. The van der Waals surface area contributed by atoms with Crippen LogP contribution in [0.15, 0.2) is 61.2 Å². The highest BCUT2D eigenvalue weighted by atomic mass is 16.5. The Labute approximate surface area is 184 Å². The number of rotatable bonds is 9. The standard InChI is InChI=1S/C26H31N3O2/c1-3-17-31-25-8-6-7-23-22(25)18-24(26(30)27-13-16-28-14-4-5-15-28)29(23)19-21-11-9-20(2)10-12-21/h3,6-12,18H,1,4-5,13-17,19H2,2H3,(H,27,30). The zero-order valence-electron chi connectivity index (χ0n) is 18.3. The first kappa shape index (κ1) is 21.2. The van der Waals surface area contributed by atoms with Crippen molar-refractivity contribution >= 4 is 16.8 Å². The molecule has 5 heteroatoms. The first-order valence-corrected chi connectivity index (χ1v) is 11.1. The van der Waals surface area contributed by atoms with Crippen molar-refractivity contribution in [3.8, 4) is 5.75 Å². The fraction of sp³-hybridized carbons (Fsp3) is 0.346. The minimum Gasteiger partial charge on any atom is -0.489 e. The first-order valence-electron chi connectivity index (χ1n) is 11.1. The Morgan fingerprint density at radius 3 is 2.68 bits per heavy atom. The Bertz CT molecular complexity index is 1050. The molecule has 0 unspecified atom stereocenters. The van der Waals surface area contributed by atoms with Crippen LogP contribution in [-0.4, -0.2) is 48.2 Å². The van der Waals surface area contributed by atoms with Gasteiger partial charge in [-0.05, 0) is 56.6 Å². The third kappa shape index (κ3) is 5.00. The molecule has 0 atom stereocenters. The van der Waals surface area contributed by atoms with Crippen molar-refractivity contribution in [3.63, 3.8) is 0 Å². The van der Waals surface area contributed by atoms with Gasteiger partial charge in [-0.15, -0.1) is 0 Å². The summed E-state index contributed by atoms with van der Waals surface area (Å²) in [6.07, 6.45) is 4.24. The summed E-state index contributed by atoms with van der Waals surface area (Å²) >= 11 is 0. The topological polar surface area (TPSA) is 46.5 Å². The second-order valence-electron chi connectivity index (χ2n) is 8.19. The molecule has 1 aromatic heterocycles. The summed E-state index contributed by atoms with van der Waals surface area (Å²) in [4.78, 5) is 15.6. The van der Waals surface area contributed by atoms with Crippen LogP contribution in [0.4, 0.5) is 0 Å². The van der Waals surface area contributed by atoms with Crippen molar-refractivity contribution in [3.05, 3.63) is 78.0 Å². The number of ether oxygens (including phenoxy) is 1. The van der Waals surface area contributed by atoms with E-state index in [1.54, 1.807) is 6.08 Å². The molecule has 0 saturated carbocycles. The number of aromatic nitrogens is 1. The van der Waals surface area contributed by atoms with Crippen molar-refractivity contribution in [1.82, 2.24) is 14.8 Å². The molecule has 0 aliphatic carbocycles. The van der Waals surface area contributed by atoms with Crippen LogP contribution in [0.5, 0.6) is 5.75 Å². The van der Waals surface area contributed by atoms with Gasteiger partial charge in [0.25, 0.3) is 5.91 Å². The number of aryl methyl sites for hydroxylation is 1. The van der Waals surface area contributed by atoms with Gasteiger partial charge in [-0.25, -0.2) is 0 Å². The SMILES string of the molecule is C=CCOc1cccc2c1cc(C(=O)NCCN1CCCC1)n2Cc1ccc(C)cc1. The summed E-state index contributed by atoms with van der Waals surface area (Å²) < 4.78 is 7.95. The molecule has 0 radical (unpaired) electrons. The van der Waals surface area contributed by atoms with Gasteiger partial charge >= 0.3 is 0 Å². The molecule has 2 aromatic carbocycles. The molecule has 2 heterocycles. The zero-order valence-corrected chi connectivity index (χ0v) is 18.3. The molecule has 1 saturated heterocycles. The van der Waals surface area contributed by atoms with Gasteiger partial charge in [-0.1, -0.05) is 48.6 Å². The van der Waals surface area contributed by atoms with Gasteiger partial charge in [0.15, 0.2) is 0 Å². The van der Waals surface area contributed by atoms with Crippen molar-refractivity contribution in [2.45, 2.75) is 26.3 Å². The smallest absolute Gasteiger partial charge is 0.268 e. The summed E-state index contributed by atoms with van der Waals surface area (Å²) in [5.74, 6) is 0.725. The van der Waals surface area contributed by atoms with Gasteiger partial charge in [-0.3, -0.25) is 4.79 Å². The number of likely N-dealkylation sites (tertiary alicyclic amines) is 1. The van der Waals surface area contributed by atoms with Crippen molar-refractivity contribution < 1.29 is 9.53 Å². The van der Waals surface area contributed by atoms with E-state index in [0.29, 0.717) is 25.4 Å². The minimum absolute atomic E-state index is 0.0443. The molecule has 1 aliphatic rings. The van der Waals surface area contributed by atoms with Crippen LogP contribution in [0.1, 0.15) is 34.5 Å². The molecular weight excluding hydrogens is 386 g/mol. The van der Waals surface area contributed by atoms with Crippen LogP contribution in [0.3, 0.4) is 0 Å². The molecular formula is C26H31N3O2. The summed E-state index contributed by atoms with van der Waals surface area (Å²) in [7, 11) is 0. The molecule has 0 spiro atoms. The highest BCUT2D eigenvalue weighted by molar-refractivity contribution is 6.00. The number of nitrogens with zero attached hydrogens (tertiary/aromatic N) is 2. The van der Waals surface area contributed by atoms with E-state index in [1.165, 1.54) is 18.4 Å². The number of amides is 1. The van der Waals surface area contributed by atoms with E-state index >= 15 is 0 Å². The summed E-state index contributed by atoms with van der Waals surface area (Å²) in [6.45, 7) is 10.7. The number of carbonyl (C=O) groups is 1. The normalized spacial score (nSPS) is 14.1. The highest BCUT2D eigenvalue weighted by Crippen LogP contribution is 2.30. The average molecular weight is 418 g/mol. The zero-order chi connectivity index (χ0) is 21.6. The minimum atomic E-state index is -0.0443. The fourth-order valence-electron chi connectivity index (χ4n) is 4.19. The third-order valence-corrected chi connectivity index (χ3v) is 5.87. The molecule has 162 valence electrons. The van der Waals surface area contributed by atoms with Gasteiger partial charge < -0.3 is 19.5 Å². The molecule has 1 amide bonds. The number of hydrogen-bond donors (Lipinski definition) is 1. The van der Waals surface area contributed by atoms with Crippen molar-refractivity contribution in [2.24, 2.45) is 0 Å². The van der Waals surface area contributed by atoms with Gasteiger partial charge in [0.1, 0.15) is 18.1 Å². The molecule has 0 bridgehead atoms. The second kappa shape index (κ2) is 9.84. The fourth-order valence-corrected chi connectivity index (χ4v) is 4.19. The lowest BCUT2D eigenvalue weighted by atomic mass is 10.1. The Hall–Kier alpha value is -3.05. The largest absolute Gasteiger partial charge is 0.489 e. The predicted octanol–water partition coefficient (Wildman–Crippen LogP) is 4.39. The lowest BCUT2D eigenvalue weighted by Gasteiger charge is -2.15. The molecule has 5 nitrogen and oxygen atoms in total. The van der Waals surface area contributed by atoms with Crippen LogP contribution in [-0.2, 0) is 6.54 Å². The molecule has 1 aliphatic heterocycles. The van der Waals surface area contributed by atoms with Gasteiger partial charge in [-0.2, -0.15) is 0 Å². The summed E-state index contributed by atoms with van der Waals surface area (Å²) in [6, 6.07) is 16.4. The number of benzene rings is 2. The van der Waals surface area contributed by atoms with E-state index < -0.39 is 0 Å². The summed E-state index contributed by atoms with van der Waals surface area (Å²) in [5, 5.41) is 4.07. The van der Waals surface area contributed by atoms with Crippen LogP contribution >= 0.6 is 0 Å². The van der Waals surface area contributed by atoms with E-state index in [0.717, 1.165) is 41.9 Å². The van der Waals surface area contributed by atoms with E-state index in [9.17, 15) is 4.79 Å². The Kier molecular flexibility index (Phi) is 6.73. The van der Waals surface area contributed by atoms with Crippen molar-refractivity contribution in [2.75, 3.05) is 32.8 Å². The monoisotopic (exact) mass is 417 g/mol. The number of carbonyl (C=O) groups excluding carboxylic acids is 1. The molecule has 3 aromatic rings. The molecule has 1 fully saturated rings. The predicted molar refractivity (Wildman–Crippen MR) is 126 cm³/mol. The maximum absolute atomic E-state index is 13.2. The Morgan fingerprint density at radius 2 is 1.94 bits per heavy atom. The maximum atomic E-state index is 13.2. The van der Waals surface area contributed by atoms with E-state index in [2.05, 4.69) is 52.6 Å².